The molecule has 0 N–H and O–H groups in total. The topological polar surface area (TPSA) is 159 Å². The molecule has 2 aliphatic rings. The summed E-state index contributed by atoms with van der Waals surface area (Å²) in [6.45, 7) is 3.12. The lowest BCUT2D eigenvalue weighted by molar-refractivity contribution is -0.297. The quantitative estimate of drug-likeness (QED) is 0.228. The molecule has 3 rings (SSSR count). The molecule has 222 valence electrons. The minimum atomic E-state index is -4.51. The van der Waals surface area contributed by atoms with E-state index in [1.165, 1.54) is 0 Å². The Bertz CT molecular complexity index is 1150. The molecule has 0 bridgehead atoms. The minimum Gasteiger partial charge on any atom is -0.463 e. The van der Waals surface area contributed by atoms with E-state index >= 15 is 4.39 Å². The third-order valence-corrected chi connectivity index (χ3v) is 7.29. The molecule has 40 heavy (non-hydrogen) atoms. The van der Waals surface area contributed by atoms with Crippen molar-refractivity contribution in [3.63, 3.8) is 0 Å². The van der Waals surface area contributed by atoms with Crippen LogP contribution in [-0.2, 0) is 61.0 Å². The molecule has 0 radical (unpaired) electrons. The van der Waals surface area contributed by atoms with Crippen molar-refractivity contribution in [2.45, 2.75) is 77.1 Å². The first-order valence-electron chi connectivity index (χ1n) is 12.1. The molecule has 0 aliphatic carbocycles. The van der Waals surface area contributed by atoms with Crippen molar-refractivity contribution >= 4 is 43.3 Å². The van der Waals surface area contributed by atoms with E-state index in [0.29, 0.717) is 10.6 Å². The summed E-state index contributed by atoms with van der Waals surface area (Å²) in [4.78, 5) is 47.1. The van der Waals surface area contributed by atoms with E-state index < -0.39 is 81.3 Å². The summed E-state index contributed by atoms with van der Waals surface area (Å²) in [6.07, 6.45) is -11.6. The molecule has 13 nitrogen and oxygen atoms in total. The molecular formula is C24H29ClFO13P. The number of carbonyl (C=O) groups excluding carboxylic acids is 4. The van der Waals surface area contributed by atoms with Crippen molar-refractivity contribution in [3.05, 3.63) is 34.9 Å². The number of hydrogen-bond donors (Lipinski definition) is 0. The van der Waals surface area contributed by atoms with E-state index in [4.69, 9.17) is 48.9 Å². The summed E-state index contributed by atoms with van der Waals surface area (Å²) < 4.78 is 71.5. The summed E-state index contributed by atoms with van der Waals surface area (Å²) in [7, 11) is -4.51. The fourth-order valence-corrected chi connectivity index (χ4v) is 5.76. The molecule has 1 aromatic rings. The molecule has 7 unspecified atom stereocenters. The van der Waals surface area contributed by atoms with Crippen molar-refractivity contribution in [2.24, 2.45) is 0 Å². The number of carbonyl (C=O) groups is 4. The van der Waals surface area contributed by atoms with Crippen LogP contribution in [0.25, 0.3) is 0 Å². The molecule has 16 heteroatoms. The highest BCUT2D eigenvalue weighted by Crippen LogP contribution is 2.58. The van der Waals surface area contributed by atoms with Crippen LogP contribution < -0.4 is 0 Å². The van der Waals surface area contributed by atoms with Crippen LogP contribution in [0, 0.1) is 0 Å². The maximum absolute atomic E-state index is 15.4. The third kappa shape index (κ3) is 8.69. The van der Waals surface area contributed by atoms with Gasteiger partial charge in [0, 0.05) is 39.1 Å². The molecule has 2 saturated heterocycles. The molecule has 8 atom stereocenters. The van der Waals surface area contributed by atoms with Gasteiger partial charge < -0.3 is 23.7 Å². The van der Waals surface area contributed by atoms with Crippen molar-refractivity contribution in [1.29, 1.82) is 0 Å². The Morgan fingerprint density at radius 3 is 2.23 bits per heavy atom. The van der Waals surface area contributed by atoms with Crippen molar-refractivity contribution in [2.75, 3.05) is 13.2 Å². The largest absolute Gasteiger partial charge is 0.477 e. The van der Waals surface area contributed by atoms with Gasteiger partial charge in [-0.15, -0.1) is 0 Å². The third-order valence-electron chi connectivity index (χ3n) is 5.58. The highest BCUT2D eigenvalue weighted by atomic mass is 35.5. The van der Waals surface area contributed by atoms with Gasteiger partial charge in [0.25, 0.3) is 0 Å². The minimum absolute atomic E-state index is 0.0928. The number of alkyl halides is 1. The summed E-state index contributed by atoms with van der Waals surface area (Å²) in [5.74, 6) is -3.58. The predicted octanol–water partition coefficient (Wildman–Crippen LogP) is 3.36. The molecule has 1 aromatic carbocycles. The van der Waals surface area contributed by atoms with Gasteiger partial charge in [-0.2, -0.15) is 0 Å². The summed E-state index contributed by atoms with van der Waals surface area (Å²) in [6, 6.07) is 6.58. The average Bonchev–Trinajstić information content (AvgIpc) is 2.85. The van der Waals surface area contributed by atoms with Gasteiger partial charge in [-0.25, -0.2) is 8.96 Å². The summed E-state index contributed by atoms with van der Waals surface area (Å²) >= 11 is 6.06. The first-order chi connectivity index (χ1) is 18.8. The lowest BCUT2D eigenvalue weighted by Crippen LogP contribution is -2.64. The number of esters is 4. The number of hydrogen-bond acceptors (Lipinski definition) is 13. The Labute approximate surface area is 234 Å². The van der Waals surface area contributed by atoms with Gasteiger partial charge in [-0.1, -0.05) is 23.7 Å². The fraction of sp³-hybridized carbons (Fsp3) is 0.583. The Balaban J connectivity index is 1.97. The predicted molar refractivity (Wildman–Crippen MR) is 131 cm³/mol. The van der Waals surface area contributed by atoms with Crippen LogP contribution in [-0.4, -0.2) is 74.0 Å². The maximum atomic E-state index is 15.4. The van der Waals surface area contributed by atoms with E-state index in [0.717, 1.165) is 27.7 Å². The molecule has 0 amide bonds. The second-order valence-corrected chi connectivity index (χ2v) is 10.8. The van der Waals surface area contributed by atoms with E-state index in [9.17, 15) is 23.7 Å². The van der Waals surface area contributed by atoms with Gasteiger partial charge in [0.2, 0.25) is 6.29 Å². The number of benzene rings is 1. The average molecular weight is 611 g/mol. The molecule has 0 saturated carbocycles. The molecule has 0 spiro atoms. The van der Waals surface area contributed by atoms with Crippen LogP contribution >= 0.6 is 19.4 Å². The zero-order valence-corrected chi connectivity index (χ0v) is 23.6. The van der Waals surface area contributed by atoms with E-state index in [1.54, 1.807) is 24.3 Å². The summed E-state index contributed by atoms with van der Waals surface area (Å²) in [5.41, 5.74) is 0.566. The SMILES string of the molecule is CC(=O)OC[C@H](F)C1OC(OP2(=O)OCCC(c3cccc(Cl)c3)O2)C(OC(C)=O)C(OC(C)=O)C1OC(C)=O. The maximum Gasteiger partial charge on any atom is 0.477 e. The smallest absolute Gasteiger partial charge is 0.463 e. The Kier molecular flexibility index (Phi) is 11.0. The van der Waals surface area contributed by atoms with Gasteiger partial charge >= 0.3 is 31.7 Å². The van der Waals surface area contributed by atoms with Crippen molar-refractivity contribution < 1.29 is 65.4 Å². The second kappa shape index (κ2) is 13.8. The number of ether oxygens (including phenoxy) is 5. The number of rotatable bonds is 9. The molecule has 0 aromatic heterocycles. The Morgan fingerprint density at radius 1 is 1.00 bits per heavy atom. The van der Waals surface area contributed by atoms with E-state index in [-0.39, 0.29) is 13.0 Å². The van der Waals surface area contributed by atoms with Crippen LogP contribution in [0.2, 0.25) is 5.02 Å². The first kappa shape index (κ1) is 31.9. The van der Waals surface area contributed by atoms with Gasteiger partial charge in [-0.05, 0) is 17.7 Å². The fourth-order valence-electron chi connectivity index (χ4n) is 4.10. The lowest BCUT2D eigenvalue weighted by atomic mass is 9.95. The van der Waals surface area contributed by atoms with Crippen LogP contribution in [0.15, 0.2) is 24.3 Å². The lowest BCUT2D eigenvalue weighted by Gasteiger charge is -2.45. The van der Waals surface area contributed by atoms with Gasteiger partial charge in [-0.3, -0.25) is 32.7 Å². The standard InChI is InChI=1S/C24H29ClFO13P/c1-12(27)32-11-18(26)20-21(34-13(2)28)22(35-14(3)29)23(36-15(4)30)24(37-20)39-40(31)33-9-8-19(38-40)16-6-5-7-17(25)10-16/h5-7,10,18-24H,8-9,11H2,1-4H3/t18-,19?,20?,21?,22?,23?,24?,40?/m0/s1. The van der Waals surface area contributed by atoms with Crippen LogP contribution in [0.1, 0.15) is 45.8 Å². The first-order valence-corrected chi connectivity index (χ1v) is 13.9. The van der Waals surface area contributed by atoms with E-state index in [1.807, 2.05) is 0 Å². The second-order valence-electron chi connectivity index (χ2n) is 8.83. The molecule has 2 aliphatic heterocycles. The number of phosphoric ester groups is 1. The van der Waals surface area contributed by atoms with Gasteiger partial charge in [0.05, 0.1) is 12.7 Å². The Hall–Kier alpha value is -2.61. The molecule has 2 heterocycles. The van der Waals surface area contributed by atoms with Crippen molar-refractivity contribution in [3.8, 4) is 0 Å². The summed E-state index contributed by atoms with van der Waals surface area (Å²) in [5, 5.41) is 0.402. The van der Waals surface area contributed by atoms with Crippen LogP contribution in [0.3, 0.4) is 0 Å². The zero-order valence-electron chi connectivity index (χ0n) is 22.0. The number of halogens is 2. The van der Waals surface area contributed by atoms with E-state index in [2.05, 4.69) is 0 Å². The molecule has 2 fully saturated rings. The highest BCUT2D eigenvalue weighted by molar-refractivity contribution is 7.48. The van der Waals surface area contributed by atoms with Crippen LogP contribution in [0.4, 0.5) is 4.39 Å². The van der Waals surface area contributed by atoms with Gasteiger partial charge in [0.15, 0.2) is 24.5 Å². The van der Waals surface area contributed by atoms with Crippen molar-refractivity contribution in [1.82, 2.24) is 0 Å². The monoisotopic (exact) mass is 610 g/mol. The normalized spacial score (nSPS) is 30.9. The van der Waals surface area contributed by atoms with Crippen LogP contribution in [0.5, 0.6) is 0 Å². The van der Waals surface area contributed by atoms with Gasteiger partial charge in [0.1, 0.15) is 12.7 Å². The highest BCUT2D eigenvalue weighted by Gasteiger charge is 2.57. The number of phosphoric acid groups is 1. The zero-order chi connectivity index (χ0) is 29.6. The Morgan fingerprint density at radius 2 is 1.62 bits per heavy atom. The molecular weight excluding hydrogens is 582 g/mol.